The van der Waals surface area contributed by atoms with Crippen LogP contribution in [0.3, 0.4) is 0 Å². The maximum Gasteiger partial charge on any atom is 0.115 e. The van der Waals surface area contributed by atoms with Gasteiger partial charge in [-0.3, -0.25) is 0 Å². The molecule has 1 aromatic carbocycles. The molecule has 0 saturated heterocycles. The second-order valence-corrected chi connectivity index (χ2v) is 2.64. The van der Waals surface area contributed by atoms with Crippen molar-refractivity contribution in [2.24, 2.45) is 0 Å². The van der Waals surface area contributed by atoms with Crippen molar-refractivity contribution in [3.8, 4) is 5.75 Å². The van der Waals surface area contributed by atoms with Gasteiger partial charge in [0.05, 0.1) is 0 Å². The van der Waals surface area contributed by atoms with Crippen molar-refractivity contribution in [3.05, 3.63) is 36.0 Å². The third-order valence-corrected chi connectivity index (χ3v) is 1.64. The summed E-state index contributed by atoms with van der Waals surface area (Å²) in [5.74, 6) is 0.290. The monoisotopic (exact) mass is 193 g/mol. The van der Waals surface area contributed by atoms with E-state index < -0.39 is 0 Å². The number of hydrogen-bond acceptors (Lipinski definition) is 2. The number of aromatic hydroxyl groups is 1. The van der Waals surface area contributed by atoms with Crippen LogP contribution in [0, 0.1) is 0 Å². The molecule has 0 amide bonds. The maximum absolute atomic E-state index is 9.01. The fourth-order valence-electron chi connectivity index (χ4n) is 0.845. The van der Waals surface area contributed by atoms with Crippen LogP contribution in [0.25, 0.3) is 0 Å². The van der Waals surface area contributed by atoms with Crippen LogP contribution in [0.4, 0.5) is 5.69 Å². The Morgan fingerprint density at radius 1 is 1.21 bits per heavy atom. The molecule has 0 spiro atoms. The van der Waals surface area contributed by atoms with Crippen molar-refractivity contribution in [2.45, 2.75) is 27.7 Å². The van der Waals surface area contributed by atoms with E-state index in [1.165, 1.54) is 0 Å². The van der Waals surface area contributed by atoms with Crippen molar-refractivity contribution >= 4 is 5.69 Å². The number of benzene rings is 1. The van der Waals surface area contributed by atoms with Crippen LogP contribution in [0.15, 0.2) is 36.0 Å². The van der Waals surface area contributed by atoms with E-state index >= 15 is 0 Å². The average Bonchev–Trinajstić information content (AvgIpc) is 2.24. The number of phenolic OH excluding ortho intramolecular Hbond substituents is 1. The molecule has 78 valence electrons. The number of anilines is 1. The molecule has 2 heteroatoms. The maximum atomic E-state index is 9.01. The third kappa shape index (κ3) is 4.55. The molecule has 0 unspecified atom stereocenters. The van der Waals surface area contributed by atoms with E-state index in [-0.39, 0.29) is 0 Å². The zero-order chi connectivity index (χ0) is 11.0. The summed E-state index contributed by atoms with van der Waals surface area (Å²) in [7, 11) is 0. The summed E-state index contributed by atoms with van der Waals surface area (Å²) < 4.78 is 0. The molecule has 0 aliphatic carbocycles. The Balaban J connectivity index is 0.000000791. The van der Waals surface area contributed by atoms with E-state index in [1.54, 1.807) is 12.1 Å². The number of allylic oxidation sites excluding steroid dienone is 2. The van der Waals surface area contributed by atoms with E-state index in [2.05, 4.69) is 5.32 Å². The van der Waals surface area contributed by atoms with Gasteiger partial charge in [-0.1, -0.05) is 19.9 Å². The summed E-state index contributed by atoms with van der Waals surface area (Å²) in [6.45, 7) is 7.97. The van der Waals surface area contributed by atoms with Crippen molar-refractivity contribution in [3.63, 3.8) is 0 Å². The van der Waals surface area contributed by atoms with Gasteiger partial charge in [0.2, 0.25) is 0 Å². The Labute approximate surface area is 86.3 Å². The van der Waals surface area contributed by atoms with Gasteiger partial charge in [-0.2, -0.15) is 0 Å². The van der Waals surface area contributed by atoms with Crippen LogP contribution in [-0.4, -0.2) is 5.11 Å². The molecule has 1 aromatic rings. The molecule has 0 heterocycles. The van der Waals surface area contributed by atoms with E-state index in [1.807, 2.05) is 45.9 Å². The van der Waals surface area contributed by atoms with Gasteiger partial charge in [-0.15, -0.1) is 0 Å². The normalized spacial score (nSPS) is 10.1. The number of nitrogens with one attached hydrogen (secondary N) is 1. The summed E-state index contributed by atoms with van der Waals surface area (Å²) in [5.41, 5.74) is 2.09. The molecule has 2 N–H and O–H groups in total. The van der Waals surface area contributed by atoms with Crippen molar-refractivity contribution in [1.29, 1.82) is 0 Å². The van der Waals surface area contributed by atoms with Crippen LogP contribution in [0.5, 0.6) is 5.75 Å². The highest BCUT2D eigenvalue weighted by Crippen LogP contribution is 2.14. The smallest absolute Gasteiger partial charge is 0.115 e. The first-order valence-electron chi connectivity index (χ1n) is 4.91. The average molecular weight is 193 g/mol. The van der Waals surface area contributed by atoms with Gasteiger partial charge in [-0.05, 0) is 38.1 Å². The highest BCUT2D eigenvalue weighted by Gasteiger charge is 1.91. The quantitative estimate of drug-likeness (QED) is 0.701. The second kappa shape index (κ2) is 7.01. The third-order valence-electron chi connectivity index (χ3n) is 1.64. The lowest BCUT2D eigenvalue weighted by Crippen LogP contribution is -1.93. The minimum atomic E-state index is 0.290. The van der Waals surface area contributed by atoms with Crippen molar-refractivity contribution in [2.75, 3.05) is 5.32 Å². The van der Waals surface area contributed by atoms with Gasteiger partial charge < -0.3 is 10.4 Å². The number of hydrogen-bond donors (Lipinski definition) is 2. The lowest BCUT2D eigenvalue weighted by Gasteiger charge is -2.05. The van der Waals surface area contributed by atoms with Crippen LogP contribution in [0.1, 0.15) is 27.7 Å². The molecule has 0 saturated carbocycles. The topological polar surface area (TPSA) is 32.3 Å². The molecule has 0 radical (unpaired) electrons. The molecule has 0 atom stereocenters. The molecular formula is C12H19NO. The molecular weight excluding hydrogens is 174 g/mol. The summed E-state index contributed by atoms with van der Waals surface area (Å²) in [5, 5.41) is 12.2. The lowest BCUT2D eigenvalue weighted by molar-refractivity contribution is 0.475. The van der Waals surface area contributed by atoms with Gasteiger partial charge in [0.25, 0.3) is 0 Å². The zero-order valence-corrected chi connectivity index (χ0v) is 9.33. The molecule has 0 fully saturated rings. The van der Waals surface area contributed by atoms with E-state index in [0.717, 1.165) is 11.4 Å². The Bertz CT molecular complexity index is 275. The molecule has 0 aromatic heterocycles. The SMILES string of the molecule is C/C=C(/C)Nc1ccc(O)cc1.CC. The fraction of sp³-hybridized carbons (Fsp3) is 0.333. The summed E-state index contributed by atoms with van der Waals surface area (Å²) in [6.07, 6.45) is 1.99. The summed E-state index contributed by atoms with van der Waals surface area (Å²) in [4.78, 5) is 0. The predicted octanol–water partition coefficient (Wildman–Crippen LogP) is 3.75. The number of phenols is 1. The molecule has 0 bridgehead atoms. The number of rotatable bonds is 2. The molecule has 0 aliphatic rings. The van der Waals surface area contributed by atoms with Gasteiger partial charge in [0, 0.05) is 11.4 Å². The predicted molar refractivity (Wildman–Crippen MR) is 62.5 cm³/mol. The Kier molecular flexibility index (Phi) is 6.29. The minimum absolute atomic E-state index is 0.290. The Hall–Kier alpha value is -1.44. The highest BCUT2D eigenvalue weighted by atomic mass is 16.3. The second-order valence-electron chi connectivity index (χ2n) is 2.64. The molecule has 1 rings (SSSR count). The van der Waals surface area contributed by atoms with Gasteiger partial charge in [0.1, 0.15) is 5.75 Å². The van der Waals surface area contributed by atoms with Crippen LogP contribution < -0.4 is 5.32 Å². The van der Waals surface area contributed by atoms with Gasteiger partial charge >= 0.3 is 0 Å². The Morgan fingerprint density at radius 2 is 1.71 bits per heavy atom. The zero-order valence-electron chi connectivity index (χ0n) is 9.33. The first-order valence-corrected chi connectivity index (χ1v) is 4.91. The van der Waals surface area contributed by atoms with Crippen LogP contribution in [-0.2, 0) is 0 Å². The molecule has 0 aliphatic heterocycles. The van der Waals surface area contributed by atoms with Crippen molar-refractivity contribution < 1.29 is 5.11 Å². The van der Waals surface area contributed by atoms with E-state index in [9.17, 15) is 0 Å². The van der Waals surface area contributed by atoms with E-state index in [4.69, 9.17) is 5.11 Å². The van der Waals surface area contributed by atoms with Crippen LogP contribution in [0.2, 0.25) is 0 Å². The van der Waals surface area contributed by atoms with E-state index in [0.29, 0.717) is 5.75 Å². The fourth-order valence-corrected chi connectivity index (χ4v) is 0.845. The van der Waals surface area contributed by atoms with Gasteiger partial charge in [0.15, 0.2) is 0 Å². The minimum Gasteiger partial charge on any atom is -0.508 e. The van der Waals surface area contributed by atoms with Crippen molar-refractivity contribution in [1.82, 2.24) is 0 Å². The first kappa shape index (κ1) is 12.6. The molecule has 14 heavy (non-hydrogen) atoms. The van der Waals surface area contributed by atoms with Crippen LogP contribution >= 0.6 is 0 Å². The van der Waals surface area contributed by atoms with Gasteiger partial charge in [-0.25, -0.2) is 0 Å². The summed E-state index contributed by atoms with van der Waals surface area (Å²) >= 11 is 0. The lowest BCUT2D eigenvalue weighted by atomic mass is 10.3. The summed E-state index contributed by atoms with van der Waals surface area (Å²) in [6, 6.07) is 6.99. The largest absolute Gasteiger partial charge is 0.508 e. The Morgan fingerprint density at radius 3 is 2.14 bits per heavy atom. The molecule has 2 nitrogen and oxygen atoms in total. The first-order chi connectivity index (χ1) is 6.72. The highest BCUT2D eigenvalue weighted by molar-refractivity contribution is 5.49. The standard InChI is InChI=1S/C10H13NO.C2H6/c1-3-8(2)11-9-4-6-10(12)7-5-9;1-2/h3-7,11-12H,1-2H3;1-2H3/b8-3-;.